The summed E-state index contributed by atoms with van der Waals surface area (Å²) in [6, 6.07) is 0.762. The van der Waals surface area contributed by atoms with Crippen LogP contribution >= 0.6 is 0 Å². The summed E-state index contributed by atoms with van der Waals surface area (Å²) in [7, 11) is 0. The first-order valence-electron chi connectivity index (χ1n) is 4.46. The molecule has 3 unspecified atom stereocenters. The summed E-state index contributed by atoms with van der Waals surface area (Å²) in [5.74, 6) is 0.901. The SMILES string of the molecule is [As]OC1CC2CCCCC2N1. The molecule has 2 aliphatic rings. The van der Waals surface area contributed by atoms with E-state index < -0.39 is 0 Å². The van der Waals surface area contributed by atoms with E-state index >= 15 is 0 Å². The van der Waals surface area contributed by atoms with Crippen molar-refractivity contribution in [2.45, 2.75) is 44.4 Å². The van der Waals surface area contributed by atoms with E-state index in [0.717, 1.165) is 12.0 Å². The van der Waals surface area contributed by atoms with Crippen LogP contribution in [0.15, 0.2) is 0 Å². The molecule has 0 aromatic heterocycles. The van der Waals surface area contributed by atoms with Crippen molar-refractivity contribution in [1.82, 2.24) is 5.32 Å². The Labute approximate surface area is 76.9 Å². The van der Waals surface area contributed by atoms with Gasteiger partial charge < -0.3 is 0 Å². The first-order valence-corrected chi connectivity index (χ1v) is 5.23. The number of fused-ring (bicyclic) bond motifs is 1. The minimum absolute atomic E-state index is 0.322. The van der Waals surface area contributed by atoms with E-state index in [4.69, 9.17) is 3.73 Å². The van der Waals surface area contributed by atoms with Gasteiger partial charge in [0.05, 0.1) is 0 Å². The van der Waals surface area contributed by atoms with Crippen LogP contribution in [0.4, 0.5) is 0 Å². The normalized spacial score (nSPS) is 43.9. The van der Waals surface area contributed by atoms with Crippen LogP contribution in [-0.2, 0) is 3.73 Å². The molecule has 1 saturated carbocycles. The van der Waals surface area contributed by atoms with Gasteiger partial charge in [0.1, 0.15) is 0 Å². The molecule has 1 aliphatic carbocycles. The molecule has 2 fully saturated rings. The number of rotatable bonds is 1. The molecule has 1 heterocycles. The quantitative estimate of drug-likeness (QED) is 0.658. The van der Waals surface area contributed by atoms with Gasteiger partial charge in [-0.2, -0.15) is 0 Å². The Morgan fingerprint density at radius 2 is 2.09 bits per heavy atom. The Morgan fingerprint density at radius 1 is 1.27 bits per heavy atom. The zero-order chi connectivity index (χ0) is 7.68. The van der Waals surface area contributed by atoms with Gasteiger partial charge in [0, 0.05) is 0 Å². The van der Waals surface area contributed by atoms with E-state index in [1.807, 2.05) is 0 Å². The summed E-state index contributed by atoms with van der Waals surface area (Å²) in [6.07, 6.45) is 7.14. The first kappa shape index (κ1) is 8.09. The third-order valence-electron chi connectivity index (χ3n) is 2.95. The minimum atomic E-state index is 0.322. The molecule has 62 valence electrons. The van der Waals surface area contributed by atoms with Crippen molar-refractivity contribution >= 4 is 17.2 Å². The average Bonchev–Trinajstić information content (AvgIpc) is 2.46. The third-order valence-corrected chi connectivity index (χ3v) is 3.49. The molecule has 1 N–H and O–H groups in total. The van der Waals surface area contributed by atoms with Gasteiger partial charge in [-0.1, -0.05) is 0 Å². The molecule has 3 heteroatoms. The van der Waals surface area contributed by atoms with Crippen LogP contribution in [0.3, 0.4) is 0 Å². The van der Waals surface area contributed by atoms with E-state index in [2.05, 4.69) is 22.5 Å². The van der Waals surface area contributed by atoms with Gasteiger partial charge in [-0.25, -0.2) is 0 Å². The molecular formula is C8H14AsNO. The maximum absolute atomic E-state index is 5.23. The van der Waals surface area contributed by atoms with Crippen molar-refractivity contribution < 1.29 is 3.73 Å². The predicted octanol–water partition coefficient (Wildman–Crippen LogP) is 0.965. The monoisotopic (exact) mass is 215 g/mol. The molecule has 11 heavy (non-hydrogen) atoms. The van der Waals surface area contributed by atoms with E-state index in [-0.39, 0.29) is 0 Å². The summed E-state index contributed by atoms with van der Waals surface area (Å²) in [4.78, 5) is 0. The van der Waals surface area contributed by atoms with Gasteiger partial charge in [0.15, 0.2) is 0 Å². The van der Waals surface area contributed by atoms with Crippen molar-refractivity contribution in [3.05, 3.63) is 0 Å². The third kappa shape index (κ3) is 1.63. The molecule has 0 amide bonds. The summed E-state index contributed by atoms with van der Waals surface area (Å²) in [6.45, 7) is 0. The fraction of sp³-hybridized carbons (Fsp3) is 1.00. The average molecular weight is 215 g/mol. The fourth-order valence-corrected chi connectivity index (χ4v) is 2.67. The van der Waals surface area contributed by atoms with Gasteiger partial charge in [-0.15, -0.1) is 0 Å². The summed E-state index contributed by atoms with van der Waals surface area (Å²) in [5, 5.41) is 3.50. The van der Waals surface area contributed by atoms with Crippen LogP contribution in [0.2, 0.25) is 0 Å². The summed E-state index contributed by atoms with van der Waals surface area (Å²) in [5.41, 5.74) is 0. The van der Waals surface area contributed by atoms with Gasteiger partial charge in [0.2, 0.25) is 0 Å². The Balaban J connectivity index is 1.92. The molecule has 0 spiro atoms. The van der Waals surface area contributed by atoms with Crippen molar-refractivity contribution in [3.63, 3.8) is 0 Å². The molecule has 1 aliphatic heterocycles. The summed E-state index contributed by atoms with van der Waals surface area (Å²) < 4.78 is 5.23. The second-order valence-electron chi connectivity index (χ2n) is 3.65. The zero-order valence-electron chi connectivity index (χ0n) is 6.62. The van der Waals surface area contributed by atoms with E-state index in [1.165, 1.54) is 32.1 Å². The Morgan fingerprint density at radius 3 is 2.82 bits per heavy atom. The number of nitrogens with one attached hydrogen (secondary N) is 1. The standard InChI is InChI=1S/C8H14AsNO/c9-11-8-5-6-3-1-2-4-7(6)10-8/h6-8,10H,1-5H2. The van der Waals surface area contributed by atoms with Crippen LogP contribution in [0.1, 0.15) is 32.1 Å². The zero-order valence-corrected chi connectivity index (χ0v) is 8.50. The van der Waals surface area contributed by atoms with Crippen molar-refractivity contribution in [2.75, 3.05) is 0 Å². The Bertz CT molecular complexity index is 128. The molecule has 0 bridgehead atoms. The predicted molar refractivity (Wildman–Crippen MR) is 44.1 cm³/mol. The van der Waals surface area contributed by atoms with E-state index in [0.29, 0.717) is 6.23 Å². The van der Waals surface area contributed by atoms with Gasteiger partial charge in [-0.05, 0) is 0 Å². The van der Waals surface area contributed by atoms with Crippen LogP contribution in [0.25, 0.3) is 0 Å². The Kier molecular flexibility index (Phi) is 2.55. The van der Waals surface area contributed by atoms with Crippen molar-refractivity contribution in [3.8, 4) is 0 Å². The van der Waals surface area contributed by atoms with Crippen LogP contribution in [0.5, 0.6) is 0 Å². The van der Waals surface area contributed by atoms with E-state index in [9.17, 15) is 0 Å². The summed E-state index contributed by atoms with van der Waals surface area (Å²) >= 11 is 2.22. The van der Waals surface area contributed by atoms with Crippen LogP contribution < -0.4 is 5.32 Å². The molecule has 1 saturated heterocycles. The molecular weight excluding hydrogens is 201 g/mol. The first-order chi connectivity index (χ1) is 5.40. The van der Waals surface area contributed by atoms with Gasteiger partial charge >= 0.3 is 76.5 Å². The number of hydrogen-bond donors (Lipinski definition) is 1. The molecule has 0 aromatic carbocycles. The molecule has 0 aromatic rings. The van der Waals surface area contributed by atoms with Crippen molar-refractivity contribution in [1.29, 1.82) is 0 Å². The topological polar surface area (TPSA) is 21.3 Å². The van der Waals surface area contributed by atoms with Gasteiger partial charge in [-0.3, -0.25) is 0 Å². The molecule has 3 atom stereocenters. The second-order valence-corrected chi connectivity index (χ2v) is 4.09. The maximum atomic E-state index is 5.23. The van der Waals surface area contributed by atoms with E-state index in [1.54, 1.807) is 0 Å². The second kappa shape index (κ2) is 3.47. The van der Waals surface area contributed by atoms with Crippen LogP contribution in [0, 0.1) is 5.92 Å². The van der Waals surface area contributed by atoms with Crippen LogP contribution in [-0.4, -0.2) is 29.5 Å². The van der Waals surface area contributed by atoms with Gasteiger partial charge in [0.25, 0.3) is 0 Å². The molecule has 2 nitrogen and oxygen atoms in total. The molecule has 2 radical (unpaired) electrons. The molecule has 2 rings (SSSR count). The van der Waals surface area contributed by atoms with Crippen molar-refractivity contribution in [2.24, 2.45) is 5.92 Å². The Hall–Kier alpha value is 0.478. The fourth-order valence-electron chi connectivity index (χ4n) is 2.36. The number of hydrogen-bond acceptors (Lipinski definition) is 2.